The van der Waals surface area contributed by atoms with Crippen LogP contribution in [-0.4, -0.2) is 62.8 Å². The molecule has 1 fully saturated rings. The van der Waals surface area contributed by atoms with Gasteiger partial charge >= 0.3 is 0 Å². The minimum atomic E-state index is -0.0123. The smallest absolute Gasteiger partial charge is 0.191 e. The van der Waals surface area contributed by atoms with E-state index in [-0.39, 0.29) is 30.1 Å². The number of aliphatic imine (C=N–C) groups is 1. The molecule has 6 nitrogen and oxygen atoms in total. The monoisotopic (exact) mass is 490 g/mol. The number of para-hydroxylation sites is 2. The predicted octanol–water partition coefficient (Wildman–Crippen LogP) is 3.12. The number of nitrogens with zero attached hydrogens (tertiary/aromatic N) is 2. The summed E-state index contributed by atoms with van der Waals surface area (Å²) in [5.74, 6) is 2.34. The summed E-state index contributed by atoms with van der Waals surface area (Å²) in [5, 5.41) is 6.68. The molecule has 1 aliphatic carbocycles. The fourth-order valence-electron chi connectivity index (χ4n) is 2.75. The Kier molecular flexibility index (Phi) is 10.8. The zero-order valence-corrected chi connectivity index (χ0v) is 19.5. The van der Waals surface area contributed by atoms with E-state index in [9.17, 15) is 0 Å². The largest absolute Gasteiger partial charge is 0.493 e. The van der Waals surface area contributed by atoms with Gasteiger partial charge in [0.05, 0.1) is 20.2 Å². The zero-order valence-electron chi connectivity index (χ0n) is 17.2. The number of ether oxygens (including phenoxy) is 2. The molecule has 1 aliphatic rings. The first-order valence-electron chi connectivity index (χ1n) is 9.58. The van der Waals surface area contributed by atoms with Gasteiger partial charge < -0.3 is 20.1 Å². The summed E-state index contributed by atoms with van der Waals surface area (Å²) in [5.41, 5.74) is 0. The number of benzene rings is 1. The van der Waals surface area contributed by atoms with E-state index in [0.717, 1.165) is 36.6 Å². The lowest BCUT2D eigenvalue weighted by Crippen LogP contribution is -2.43. The molecular formula is C20H35IN4O2. The fourth-order valence-corrected chi connectivity index (χ4v) is 2.75. The second-order valence-corrected chi connectivity index (χ2v) is 6.93. The van der Waals surface area contributed by atoms with Crippen LogP contribution in [0.2, 0.25) is 0 Å². The molecule has 2 N–H and O–H groups in total. The maximum absolute atomic E-state index is 5.99. The summed E-state index contributed by atoms with van der Waals surface area (Å²) in [6.45, 7) is 8.62. The highest BCUT2D eigenvalue weighted by Crippen LogP contribution is 2.27. The first-order chi connectivity index (χ1) is 12.5. The van der Waals surface area contributed by atoms with E-state index in [1.54, 1.807) is 7.11 Å². The van der Waals surface area contributed by atoms with E-state index in [1.807, 2.05) is 31.2 Å². The Hall–Kier alpha value is -1.22. The highest BCUT2D eigenvalue weighted by atomic mass is 127. The van der Waals surface area contributed by atoms with Crippen molar-refractivity contribution in [3.05, 3.63) is 24.3 Å². The molecule has 1 aromatic carbocycles. The molecule has 0 aliphatic heterocycles. The maximum Gasteiger partial charge on any atom is 0.191 e. The molecule has 0 saturated heterocycles. The third-order valence-electron chi connectivity index (χ3n) is 4.63. The van der Waals surface area contributed by atoms with Crippen molar-refractivity contribution in [3.63, 3.8) is 0 Å². The SMILES string of the molecule is CCNC(=NCC(C)N(C)C1CC1)NCC(C)Oc1ccccc1OC.I. The van der Waals surface area contributed by atoms with E-state index < -0.39 is 0 Å². The van der Waals surface area contributed by atoms with Gasteiger partial charge in [0.25, 0.3) is 0 Å². The molecule has 2 rings (SSSR count). The topological polar surface area (TPSA) is 58.1 Å². The number of nitrogens with one attached hydrogen (secondary N) is 2. The summed E-state index contributed by atoms with van der Waals surface area (Å²) < 4.78 is 11.3. The van der Waals surface area contributed by atoms with E-state index in [4.69, 9.17) is 14.5 Å². The fraction of sp³-hybridized carbons (Fsp3) is 0.650. The number of methoxy groups -OCH3 is 1. The van der Waals surface area contributed by atoms with Crippen molar-refractivity contribution in [2.75, 3.05) is 33.8 Å². The Bertz CT molecular complexity index is 581. The van der Waals surface area contributed by atoms with Gasteiger partial charge in [-0.1, -0.05) is 12.1 Å². The van der Waals surface area contributed by atoms with Crippen molar-refractivity contribution in [3.8, 4) is 11.5 Å². The molecule has 0 amide bonds. The van der Waals surface area contributed by atoms with Crippen molar-refractivity contribution in [2.45, 2.75) is 51.8 Å². The summed E-state index contributed by atoms with van der Waals surface area (Å²) in [4.78, 5) is 7.16. The first-order valence-corrected chi connectivity index (χ1v) is 9.58. The third kappa shape index (κ3) is 8.13. The highest BCUT2D eigenvalue weighted by Gasteiger charge is 2.28. The van der Waals surface area contributed by atoms with Crippen molar-refractivity contribution >= 4 is 29.9 Å². The van der Waals surface area contributed by atoms with Gasteiger partial charge in [0.2, 0.25) is 0 Å². The van der Waals surface area contributed by atoms with Gasteiger partial charge in [0.1, 0.15) is 6.10 Å². The predicted molar refractivity (Wildman–Crippen MR) is 123 cm³/mol. The van der Waals surface area contributed by atoms with Gasteiger partial charge in [-0.2, -0.15) is 0 Å². The molecular weight excluding hydrogens is 455 g/mol. The van der Waals surface area contributed by atoms with E-state index in [1.165, 1.54) is 12.8 Å². The van der Waals surface area contributed by atoms with Crippen LogP contribution in [0, 0.1) is 0 Å². The second-order valence-electron chi connectivity index (χ2n) is 6.93. The number of halogens is 1. The Labute approximate surface area is 181 Å². The van der Waals surface area contributed by atoms with Crippen LogP contribution in [0.15, 0.2) is 29.3 Å². The van der Waals surface area contributed by atoms with Gasteiger partial charge in [0.15, 0.2) is 17.5 Å². The summed E-state index contributed by atoms with van der Waals surface area (Å²) in [7, 11) is 3.85. The lowest BCUT2D eigenvalue weighted by Gasteiger charge is -2.23. The van der Waals surface area contributed by atoms with Gasteiger partial charge in [-0.05, 0) is 52.8 Å². The number of hydrogen-bond acceptors (Lipinski definition) is 4. The van der Waals surface area contributed by atoms with E-state index in [2.05, 4.69) is 36.4 Å². The number of hydrogen-bond donors (Lipinski definition) is 2. The van der Waals surface area contributed by atoms with Gasteiger partial charge in [-0.15, -0.1) is 24.0 Å². The molecule has 0 radical (unpaired) electrons. The van der Waals surface area contributed by atoms with Crippen LogP contribution >= 0.6 is 24.0 Å². The normalized spacial score (nSPS) is 16.3. The van der Waals surface area contributed by atoms with Gasteiger partial charge in [-0.25, -0.2) is 0 Å². The molecule has 0 bridgehead atoms. The highest BCUT2D eigenvalue weighted by molar-refractivity contribution is 14.0. The zero-order chi connectivity index (χ0) is 18.9. The quantitative estimate of drug-likeness (QED) is 0.300. The standard InChI is InChI=1S/C20H34N4O2.HI/c1-6-21-20(22-13-15(2)24(4)17-11-12-17)23-14-16(3)26-19-10-8-7-9-18(19)25-5;/h7-10,15-17H,6,11-14H2,1-5H3,(H2,21,22,23);1H. The number of likely N-dealkylation sites (N-methyl/N-ethyl adjacent to an activating group) is 1. The molecule has 2 unspecified atom stereocenters. The van der Waals surface area contributed by atoms with Crippen LogP contribution in [0.1, 0.15) is 33.6 Å². The molecule has 154 valence electrons. The van der Waals surface area contributed by atoms with Crippen LogP contribution in [-0.2, 0) is 0 Å². The van der Waals surface area contributed by atoms with Gasteiger partial charge in [-0.3, -0.25) is 9.89 Å². The molecule has 2 atom stereocenters. The van der Waals surface area contributed by atoms with Crippen molar-refractivity contribution in [1.82, 2.24) is 15.5 Å². The molecule has 0 spiro atoms. The van der Waals surface area contributed by atoms with Gasteiger partial charge in [0, 0.05) is 18.6 Å². The molecule has 1 aromatic rings. The van der Waals surface area contributed by atoms with Crippen LogP contribution in [0.3, 0.4) is 0 Å². The van der Waals surface area contributed by atoms with Crippen LogP contribution in [0.5, 0.6) is 11.5 Å². The Balaban J connectivity index is 0.00000364. The molecule has 0 aromatic heterocycles. The van der Waals surface area contributed by atoms with Crippen molar-refractivity contribution in [2.24, 2.45) is 4.99 Å². The maximum atomic E-state index is 5.99. The van der Waals surface area contributed by atoms with Crippen molar-refractivity contribution < 1.29 is 9.47 Å². The first kappa shape index (κ1) is 23.8. The number of rotatable bonds is 10. The third-order valence-corrected chi connectivity index (χ3v) is 4.63. The van der Waals surface area contributed by atoms with E-state index in [0.29, 0.717) is 12.6 Å². The Morgan fingerprint density at radius 3 is 2.48 bits per heavy atom. The Morgan fingerprint density at radius 1 is 1.22 bits per heavy atom. The summed E-state index contributed by atoms with van der Waals surface area (Å²) in [6.07, 6.45) is 2.63. The summed E-state index contributed by atoms with van der Waals surface area (Å²) in [6, 6.07) is 8.90. The summed E-state index contributed by atoms with van der Waals surface area (Å²) >= 11 is 0. The minimum Gasteiger partial charge on any atom is -0.493 e. The average Bonchev–Trinajstić information content (AvgIpc) is 3.48. The van der Waals surface area contributed by atoms with Crippen molar-refractivity contribution in [1.29, 1.82) is 0 Å². The molecule has 0 heterocycles. The van der Waals surface area contributed by atoms with Crippen LogP contribution in [0.25, 0.3) is 0 Å². The lowest BCUT2D eigenvalue weighted by atomic mass is 10.3. The lowest BCUT2D eigenvalue weighted by molar-refractivity contribution is 0.213. The van der Waals surface area contributed by atoms with Crippen LogP contribution in [0.4, 0.5) is 0 Å². The second kappa shape index (κ2) is 12.3. The van der Waals surface area contributed by atoms with E-state index >= 15 is 0 Å². The average molecular weight is 490 g/mol. The number of guanidine groups is 1. The van der Waals surface area contributed by atoms with Crippen LogP contribution < -0.4 is 20.1 Å². The Morgan fingerprint density at radius 2 is 1.89 bits per heavy atom. The molecule has 1 saturated carbocycles. The molecule has 27 heavy (non-hydrogen) atoms. The minimum absolute atomic E-state index is 0. The molecule has 7 heteroatoms.